The monoisotopic (exact) mass is 461 g/mol. The van der Waals surface area contributed by atoms with Crippen molar-refractivity contribution in [2.45, 2.75) is 66.7 Å². The zero-order chi connectivity index (χ0) is 15.3. The number of hydrogen-bond donors (Lipinski definition) is 0. The van der Waals surface area contributed by atoms with Gasteiger partial charge in [0.15, 0.2) is 0 Å². The maximum atomic E-state index is 2.51. The minimum absolute atomic E-state index is 0. The summed E-state index contributed by atoms with van der Waals surface area (Å²) in [5.41, 5.74) is 7.08. The average molecular weight is 460 g/mol. The molecular formula is C21H29Hf. The van der Waals surface area contributed by atoms with Crippen molar-refractivity contribution in [1.29, 1.82) is 0 Å². The van der Waals surface area contributed by atoms with Gasteiger partial charge in [-0.15, -0.1) is 0 Å². The molecule has 2 aliphatic carbocycles. The van der Waals surface area contributed by atoms with Crippen LogP contribution in [0, 0.1) is 16.7 Å². The summed E-state index contributed by atoms with van der Waals surface area (Å²) in [5.74, 6) is 1.53. The topological polar surface area (TPSA) is 0 Å². The Labute approximate surface area is 155 Å². The van der Waals surface area contributed by atoms with Crippen LogP contribution in [0.1, 0.15) is 76.1 Å². The number of benzene rings is 1. The molecule has 0 spiro atoms. The largest absolute Gasteiger partial charge is 0.0721 e. The molecule has 0 heterocycles. The van der Waals surface area contributed by atoms with Crippen LogP contribution in [0.5, 0.6) is 0 Å². The van der Waals surface area contributed by atoms with Gasteiger partial charge in [0.25, 0.3) is 0 Å². The molecule has 0 N–H and O–H groups in total. The first-order valence-corrected chi connectivity index (χ1v) is 8.56. The van der Waals surface area contributed by atoms with Crippen LogP contribution < -0.4 is 0 Å². The summed E-state index contributed by atoms with van der Waals surface area (Å²) in [6.45, 7) is 11.7. The first-order valence-electron chi connectivity index (χ1n) is 8.56. The Balaban J connectivity index is 0.00000176. The molecule has 0 saturated heterocycles. The fourth-order valence-corrected chi connectivity index (χ4v) is 4.08. The Hall–Kier alpha value is -0.170. The second-order valence-corrected chi connectivity index (χ2v) is 8.36. The van der Waals surface area contributed by atoms with Gasteiger partial charge in [-0.2, -0.15) is 0 Å². The molecule has 0 atom stereocenters. The van der Waals surface area contributed by atoms with Crippen LogP contribution in [-0.4, -0.2) is 0 Å². The van der Waals surface area contributed by atoms with Gasteiger partial charge < -0.3 is 0 Å². The summed E-state index contributed by atoms with van der Waals surface area (Å²) in [7, 11) is 0. The van der Waals surface area contributed by atoms with E-state index in [0.717, 1.165) is 0 Å². The zero-order valence-electron chi connectivity index (χ0n) is 14.8. The summed E-state index contributed by atoms with van der Waals surface area (Å²) >= 11 is 0. The van der Waals surface area contributed by atoms with E-state index < -0.39 is 0 Å². The van der Waals surface area contributed by atoms with Crippen LogP contribution in [0.2, 0.25) is 0 Å². The predicted molar refractivity (Wildman–Crippen MR) is 92.3 cm³/mol. The molecule has 0 saturated carbocycles. The van der Waals surface area contributed by atoms with Crippen molar-refractivity contribution in [3.63, 3.8) is 0 Å². The smallest absolute Gasteiger partial charge is 0.0278 e. The molecule has 0 fully saturated rings. The quantitative estimate of drug-likeness (QED) is 0.488. The Morgan fingerprint density at radius 3 is 2.09 bits per heavy atom. The molecule has 22 heavy (non-hydrogen) atoms. The molecule has 2 aliphatic rings. The van der Waals surface area contributed by atoms with E-state index in [2.05, 4.69) is 58.9 Å². The molecule has 3 rings (SSSR count). The fraction of sp³-hybridized carbons (Fsp3) is 0.571. The van der Waals surface area contributed by atoms with Crippen LogP contribution in [0.4, 0.5) is 0 Å². The van der Waals surface area contributed by atoms with Crippen LogP contribution in [0.15, 0.2) is 18.2 Å². The zero-order valence-corrected chi connectivity index (χ0v) is 18.4. The molecule has 0 unspecified atom stereocenters. The molecule has 0 nitrogen and oxygen atoms in total. The predicted octanol–water partition coefficient (Wildman–Crippen LogP) is 5.97. The first kappa shape index (κ1) is 18.2. The average Bonchev–Trinajstić information content (AvgIpc) is 2.96. The normalized spacial score (nSPS) is 19.0. The molecule has 0 amide bonds. The van der Waals surface area contributed by atoms with Crippen molar-refractivity contribution in [3.05, 3.63) is 46.4 Å². The van der Waals surface area contributed by atoms with Crippen molar-refractivity contribution >= 4 is 6.08 Å². The molecule has 1 aromatic carbocycles. The van der Waals surface area contributed by atoms with E-state index in [9.17, 15) is 0 Å². The van der Waals surface area contributed by atoms with Gasteiger partial charge in [-0.05, 0) is 65.2 Å². The molecule has 0 bridgehead atoms. The molecule has 1 heteroatoms. The van der Waals surface area contributed by atoms with Crippen molar-refractivity contribution < 1.29 is 25.8 Å². The summed E-state index contributed by atoms with van der Waals surface area (Å²) < 4.78 is 0. The fourth-order valence-electron chi connectivity index (χ4n) is 4.08. The van der Waals surface area contributed by atoms with Crippen molar-refractivity contribution in [1.82, 2.24) is 0 Å². The van der Waals surface area contributed by atoms with Crippen molar-refractivity contribution in [2.24, 2.45) is 10.8 Å². The number of allylic oxidation sites excluding steroid dienone is 1. The van der Waals surface area contributed by atoms with E-state index >= 15 is 0 Å². The Morgan fingerprint density at radius 1 is 0.955 bits per heavy atom. The van der Waals surface area contributed by atoms with Crippen LogP contribution in [0.3, 0.4) is 0 Å². The van der Waals surface area contributed by atoms with E-state index in [1.807, 2.05) is 0 Å². The van der Waals surface area contributed by atoms with Gasteiger partial charge in [0.05, 0.1) is 0 Å². The Kier molecular flexibility index (Phi) is 5.27. The molecular weight excluding hydrogens is 431 g/mol. The summed E-state index contributed by atoms with van der Waals surface area (Å²) in [6.07, 6.45) is 11.0. The van der Waals surface area contributed by atoms with Gasteiger partial charge in [-0.3, -0.25) is 0 Å². The maximum Gasteiger partial charge on any atom is 0.0278 e. The van der Waals surface area contributed by atoms with E-state index in [1.165, 1.54) is 49.1 Å². The van der Waals surface area contributed by atoms with Gasteiger partial charge in [-0.25, -0.2) is 0 Å². The minimum Gasteiger partial charge on any atom is -0.0721 e. The second kappa shape index (κ2) is 6.38. The van der Waals surface area contributed by atoms with Gasteiger partial charge >= 0.3 is 0 Å². The van der Waals surface area contributed by atoms with Gasteiger partial charge in [0.1, 0.15) is 0 Å². The number of fused-ring (bicyclic) bond motifs is 2. The third-order valence-electron chi connectivity index (χ3n) is 5.53. The summed E-state index contributed by atoms with van der Waals surface area (Å²) in [4.78, 5) is 0. The van der Waals surface area contributed by atoms with Gasteiger partial charge in [0, 0.05) is 31.8 Å². The third kappa shape index (κ3) is 3.35. The maximum absolute atomic E-state index is 2.51. The van der Waals surface area contributed by atoms with E-state index in [4.69, 9.17) is 0 Å². The molecule has 1 aromatic rings. The van der Waals surface area contributed by atoms with E-state index in [-0.39, 0.29) is 25.8 Å². The molecule has 117 valence electrons. The summed E-state index contributed by atoms with van der Waals surface area (Å²) in [5, 5.41) is 0. The number of rotatable bonds is 3. The van der Waals surface area contributed by atoms with Crippen molar-refractivity contribution in [2.75, 3.05) is 0 Å². The first-order chi connectivity index (χ1) is 9.86. The molecule has 1 radical (unpaired) electrons. The van der Waals surface area contributed by atoms with Gasteiger partial charge in [-0.1, -0.05) is 58.9 Å². The Morgan fingerprint density at radius 2 is 1.55 bits per heavy atom. The second-order valence-electron chi connectivity index (χ2n) is 8.36. The molecule has 0 aromatic heterocycles. The van der Waals surface area contributed by atoms with Crippen molar-refractivity contribution in [3.8, 4) is 0 Å². The standard InChI is InChI=1S/C21H29.Hf/c1-6-21(7-2)13-17-10-15-8-9-16(12-20(3,4)5)19(15)11-18(17)14-21;/h8-11H,6-7,12-14H2,1-5H3;. The van der Waals surface area contributed by atoms with Gasteiger partial charge in [0.2, 0.25) is 0 Å². The summed E-state index contributed by atoms with van der Waals surface area (Å²) in [6, 6.07) is 4.99. The third-order valence-corrected chi connectivity index (χ3v) is 5.53. The number of hydrogen-bond acceptors (Lipinski definition) is 0. The SMILES string of the molecule is CCC1(CC)Cc2cc3c(cc2C1)[C](CC(C)(C)C)C=C3.[Hf]. The van der Waals surface area contributed by atoms with E-state index in [1.54, 1.807) is 11.1 Å². The Bertz CT molecular complexity index is 570. The van der Waals surface area contributed by atoms with Crippen LogP contribution >= 0.6 is 0 Å². The molecule has 0 aliphatic heterocycles. The minimum atomic E-state index is 0. The van der Waals surface area contributed by atoms with Crippen LogP contribution in [0.25, 0.3) is 6.08 Å². The van der Waals surface area contributed by atoms with E-state index in [0.29, 0.717) is 10.8 Å². The van der Waals surface area contributed by atoms with Crippen LogP contribution in [-0.2, 0) is 38.7 Å².